The predicted octanol–water partition coefficient (Wildman–Crippen LogP) is 3.95. The van der Waals surface area contributed by atoms with E-state index in [2.05, 4.69) is 36.9 Å². The van der Waals surface area contributed by atoms with Gasteiger partial charge in [0.25, 0.3) is 0 Å². The molecule has 1 aromatic heterocycles. The molecule has 0 saturated carbocycles. The zero-order valence-corrected chi connectivity index (χ0v) is 23.0. The summed E-state index contributed by atoms with van der Waals surface area (Å²) in [4.78, 5) is 9.37. The first kappa shape index (κ1) is 34.2. The number of hydrogen-bond donors (Lipinski definition) is 3. The van der Waals surface area contributed by atoms with Crippen molar-refractivity contribution >= 4 is 29.9 Å². The zero-order chi connectivity index (χ0) is 22.9. The van der Waals surface area contributed by atoms with Gasteiger partial charge >= 0.3 is 0 Å². The van der Waals surface area contributed by atoms with Crippen LogP contribution in [-0.2, 0) is 11.2 Å². The van der Waals surface area contributed by atoms with E-state index in [1.807, 2.05) is 20.2 Å². The van der Waals surface area contributed by atoms with Crippen molar-refractivity contribution in [1.82, 2.24) is 30.0 Å². The van der Waals surface area contributed by atoms with Crippen LogP contribution in [0.5, 0.6) is 0 Å². The van der Waals surface area contributed by atoms with E-state index in [0.29, 0.717) is 31.0 Å². The number of rotatable bonds is 5. The number of nitrogens with two attached hydrogens (primary N) is 1. The minimum absolute atomic E-state index is 0. The number of hydrazine groups is 1. The number of aryl methyl sites for hydroxylation is 1. The van der Waals surface area contributed by atoms with Crippen LogP contribution in [0.1, 0.15) is 79.6 Å². The SMILES string of the molecule is C.C.CCOC(=N)CC.CCc1ncn(C2CN3CCC2CC3)n1.I.NNC1CN2CCC1CC2. The lowest BCUT2D eigenvalue weighted by Gasteiger charge is -2.44. The van der Waals surface area contributed by atoms with Crippen molar-refractivity contribution in [3.8, 4) is 0 Å². The lowest BCUT2D eigenvalue weighted by atomic mass is 9.84. The highest BCUT2D eigenvalue weighted by molar-refractivity contribution is 14.0. The van der Waals surface area contributed by atoms with E-state index in [1.54, 1.807) is 0 Å². The Morgan fingerprint density at radius 2 is 1.60 bits per heavy atom. The summed E-state index contributed by atoms with van der Waals surface area (Å²) in [6.45, 7) is 14.0. The maximum atomic E-state index is 6.92. The van der Waals surface area contributed by atoms with Crippen molar-refractivity contribution in [3.63, 3.8) is 0 Å². The van der Waals surface area contributed by atoms with Gasteiger partial charge in [0.1, 0.15) is 12.2 Å². The summed E-state index contributed by atoms with van der Waals surface area (Å²) < 4.78 is 6.88. The molecule has 35 heavy (non-hydrogen) atoms. The summed E-state index contributed by atoms with van der Waals surface area (Å²) in [5.74, 6) is 8.46. The quantitative estimate of drug-likeness (QED) is 0.153. The zero-order valence-electron chi connectivity index (χ0n) is 20.7. The van der Waals surface area contributed by atoms with Gasteiger partial charge in [0.05, 0.1) is 12.6 Å². The Bertz CT molecular complexity index is 687. The standard InChI is InChI=1S/C11H18N4.C7H15N3.C5H11NO.2CH4.HI/c1-2-11-12-8-15(13-11)10-7-14-5-3-9(10)4-6-14;8-9-7-5-10-3-1-6(7)2-4-10;1-3-5(6)7-4-2;;;/h8-10H,2-7H2,1H3;6-7,9H,1-5,8H2;6H,3-4H2,1-2H3;2*1H4;1H. The van der Waals surface area contributed by atoms with Gasteiger partial charge in [0.2, 0.25) is 0 Å². The van der Waals surface area contributed by atoms with Crippen molar-refractivity contribution in [2.24, 2.45) is 17.7 Å². The maximum absolute atomic E-state index is 6.92. The van der Waals surface area contributed by atoms with Crippen LogP contribution in [0.15, 0.2) is 6.33 Å². The number of aromatic nitrogens is 3. The number of nitrogens with one attached hydrogen (secondary N) is 2. The number of piperidine rings is 6. The fraction of sp³-hybridized carbons (Fsp3) is 0.880. The summed E-state index contributed by atoms with van der Waals surface area (Å²) in [6, 6.07) is 1.16. The molecular formula is C25H53IN8O. The summed E-state index contributed by atoms with van der Waals surface area (Å²) in [6.07, 6.45) is 8.93. The third kappa shape index (κ3) is 9.87. The van der Waals surface area contributed by atoms with E-state index in [4.69, 9.17) is 16.0 Å². The Labute approximate surface area is 231 Å². The summed E-state index contributed by atoms with van der Waals surface area (Å²) in [7, 11) is 0. The first-order chi connectivity index (χ1) is 15.6. The van der Waals surface area contributed by atoms with Gasteiger partial charge in [-0.15, -0.1) is 24.0 Å². The Kier molecular flexibility index (Phi) is 17.2. The third-order valence-corrected chi connectivity index (χ3v) is 7.34. The Morgan fingerprint density at radius 3 is 1.91 bits per heavy atom. The van der Waals surface area contributed by atoms with Crippen LogP contribution in [0, 0.1) is 17.2 Å². The molecule has 0 amide bonds. The molecule has 0 aromatic carbocycles. The summed E-state index contributed by atoms with van der Waals surface area (Å²) in [5.41, 5.74) is 2.89. The molecule has 6 aliphatic heterocycles. The van der Waals surface area contributed by atoms with Crippen molar-refractivity contribution < 1.29 is 4.74 Å². The molecule has 9 nitrogen and oxygen atoms in total. The fourth-order valence-corrected chi connectivity index (χ4v) is 5.30. The summed E-state index contributed by atoms with van der Waals surface area (Å²) >= 11 is 0. The molecule has 7 rings (SSSR count). The van der Waals surface area contributed by atoms with Crippen molar-refractivity contribution in [3.05, 3.63) is 12.2 Å². The van der Waals surface area contributed by atoms with E-state index < -0.39 is 0 Å². The molecule has 2 unspecified atom stereocenters. The molecule has 6 saturated heterocycles. The fourth-order valence-electron chi connectivity index (χ4n) is 5.30. The molecule has 206 valence electrons. The van der Waals surface area contributed by atoms with Gasteiger partial charge in [0, 0.05) is 32.0 Å². The third-order valence-electron chi connectivity index (χ3n) is 7.34. The average Bonchev–Trinajstić information content (AvgIpc) is 3.36. The van der Waals surface area contributed by atoms with Crippen molar-refractivity contribution in [1.29, 1.82) is 5.41 Å². The van der Waals surface area contributed by atoms with Crippen LogP contribution in [0.4, 0.5) is 0 Å². The highest BCUT2D eigenvalue weighted by Gasteiger charge is 2.35. The molecule has 4 N–H and O–H groups in total. The molecule has 6 fully saturated rings. The van der Waals surface area contributed by atoms with E-state index in [0.717, 1.165) is 24.1 Å². The monoisotopic (exact) mass is 608 g/mol. The molecule has 7 heterocycles. The smallest absolute Gasteiger partial charge is 0.180 e. The van der Waals surface area contributed by atoms with E-state index in [1.165, 1.54) is 65.0 Å². The van der Waals surface area contributed by atoms with Gasteiger partial charge in [-0.05, 0) is 70.6 Å². The highest BCUT2D eigenvalue weighted by atomic mass is 127. The topological polar surface area (TPSA) is 108 Å². The minimum Gasteiger partial charge on any atom is -0.481 e. The van der Waals surface area contributed by atoms with Crippen LogP contribution >= 0.6 is 24.0 Å². The van der Waals surface area contributed by atoms with Gasteiger partial charge in [-0.25, -0.2) is 9.67 Å². The molecule has 1 aromatic rings. The van der Waals surface area contributed by atoms with Crippen LogP contribution in [0.2, 0.25) is 0 Å². The number of ether oxygens (including phenoxy) is 1. The number of nitrogens with zero attached hydrogens (tertiary/aromatic N) is 5. The Balaban J connectivity index is 0.000000511. The van der Waals surface area contributed by atoms with Gasteiger partial charge in [-0.2, -0.15) is 5.10 Å². The molecule has 6 aliphatic rings. The minimum atomic E-state index is 0. The predicted molar refractivity (Wildman–Crippen MR) is 156 cm³/mol. The first-order valence-corrected chi connectivity index (χ1v) is 12.6. The highest BCUT2D eigenvalue weighted by Crippen LogP contribution is 2.34. The van der Waals surface area contributed by atoms with Gasteiger partial charge in [-0.1, -0.05) is 28.7 Å². The molecular weight excluding hydrogens is 555 g/mol. The number of hydrogen-bond acceptors (Lipinski definition) is 8. The lowest BCUT2D eigenvalue weighted by molar-refractivity contribution is 0.0509. The second-order valence-corrected chi connectivity index (χ2v) is 9.32. The van der Waals surface area contributed by atoms with Crippen LogP contribution in [0.25, 0.3) is 0 Å². The molecule has 10 heteroatoms. The van der Waals surface area contributed by atoms with E-state index in [-0.39, 0.29) is 38.8 Å². The van der Waals surface area contributed by atoms with E-state index >= 15 is 0 Å². The maximum Gasteiger partial charge on any atom is 0.180 e. The van der Waals surface area contributed by atoms with Crippen LogP contribution in [-0.4, -0.2) is 82.4 Å². The van der Waals surface area contributed by atoms with E-state index in [9.17, 15) is 0 Å². The Hall–Kier alpha value is -0.820. The number of fused-ring (bicyclic) bond motifs is 6. The molecule has 0 spiro atoms. The average molecular weight is 609 g/mol. The molecule has 0 aliphatic carbocycles. The second-order valence-electron chi connectivity index (χ2n) is 9.32. The van der Waals surface area contributed by atoms with Crippen molar-refractivity contribution in [2.75, 3.05) is 45.9 Å². The Morgan fingerprint density at radius 1 is 1.03 bits per heavy atom. The molecule has 0 radical (unpaired) electrons. The first-order valence-electron chi connectivity index (χ1n) is 12.6. The van der Waals surface area contributed by atoms with Gasteiger partial charge < -0.3 is 14.5 Å². The van der Waals surface area contributed by atoms with Crippen LogP contribution < -0.4 is 11.3 Å². The van der Waals surface area contributed by atoms with Gasteiger partial charge in [0.15, 0.2) is 5.90 Å². The second kappa shape index (κ2) is 17.6. The lowest BCUT2D eigenvalue weighted by Crippen LogP contribution is -2.57. The van der Waals surface area contributed by atoms with Crippen LogP contribution in [0.3, 0.4) is 0 Å². The largest absolute Gasteiger partial charge is 0.481 e. The van der Waals surface area contributed by atoms with Gasteiger partial charge in [-0.3, -0.25) is 16.7 Å². The van der Waals surface area contributed by atoms with Crippen molar-refractivity contribution in [2.45, 2.75) is 86.2 Å². The molecule has 4 bridgehead atoms. The summed E-state index contributed by atoms with van der Waals surface area (Å²) in [5, 5.41) is 11.5. The normalized spacial score (nSPS) is 29.6. The number of halogens is 1. The molecule has 2 atom stereocenters.